The molecule has 1 saturated heterocycles. The maximum Gasteiger partial charge on any atom is 0.323 e. The number of nitrogens with zero attached hydrogens (tertiary/aromatic N) is 1. The van der Waals surface area contributed by atoms with E-state index in [1.54, 1.807) is 12.1 Å². The van der Waals surface area contributed by atoms with Crippen molar-refractivity contribution in [1.29, 1.82) is 0 Å². The van der Waals surface area contributed by atoms with Gasteiger partial charge in [-0.1, -0.05) is 21.9 Å². The molecule has 7 nitrogen and oxygen atoms in total. The number of aliphatic carboxylic acids is 1. The Morgan fingerprint density at radius 2 is 2.08 bits per heavy atom. The van der Waals surface area contributed by atoms with Crippen LogP contribution in [0.5, 0.6) is 11.5 Å². The second-order valence-electron chi connectivity index (χ2n) is 4.91. The monoisotopic (exact) mass is 439 g/mol. The van der Waals surface area contributed by atoms with Gasteiger partial charge in [0.2, 0.25) is 0 Å². The molecule has 1 aliphatic rings. The van der Waals surface area contributed by atoms with E-state index in [0.717, 1.165) is 0 Å². The molecule has 9 heteroatoms. The molecule has 1 fully saturated rings. The molecule has 0 atom stereocenters. The summed E-state index contributed by atoms with van der Waals surface area (Å²) in [4.78, 5) is 35.7. The molecule has 0 aromatic heterocycles. The Bertz CT molecular complexity index is 829. The predicted molar refractivity (Wildman–Crippen MR) is 100.0 cm³/mol. The number of thioether (sulfide) groups is 1. The number of hydrogen-bond donors (Lipinski definition) is 1. The zero-order chi connectivity index (χ0) is 19.3. The van der Waals surface area contributed by atoms with Gasteiger partial charge >= 0.3 is 5.97 Å². The van der Waals surface area contributed by atoms with Crippen molar-refractivity contribution in [3.63, 3.8) is 0 Å². The van der Waals surface area contributed by atoms with E-state index in [4.69, 9.17) is 21.0 Å². The third kappa shape index (κ3) is 4.59. The van der Waals surface area contributed by atoms with Crippen LogP contribution < -0.4 is 9.47 Å². The van der Waals surface area contributed by atoms with E-state index < -0.39 is 23.7 Å². The fourth-order valence-corrected chi connectivity index (χ4v) is 3.34. The van der Waals surface area contributed by atoms with E-state index >= 15 is 0 Å². The highest BCUT2D eigenvalue weighted by Crippen LogP contribution is 2.38. The quantitative estimate of drug-likeness (QED) is 0.515. The van der Waals surface area contributed by atoms with Gasteiger partial charge in [-0.05, 0) is 42.5 Å². The first kappa shape index (κ1) is 19.9. The summed E-state index contributed by atoms with van der Waals surface area (Å²) >= 11 is 4.06. The molecule has 1 aromatic rings. The van der Waals surface area contributed by atoms with Gasteiger partial charge in [0.05, 0.1) is 11.5 Å². The van der Waals surface area contributed by atoms with E-state index in [2.05, 4.69) is 21.9 Å². The Hall–Kier alpha value is -2.44. The molecule has 1 aromatic carbocycles. The molecular weight excluding hydrogens is 426 g/mol. The molecule has 0 unspecified atom stereocenters. The Kier molecular flexibility index (Phi) is 6.71. The SMILES string of the molecule is C#CCOc1cc(Br)c(/C=C2/SC(=O)N(CC(=O)O)C2=O)cc1OCC. The lowest BCUT2D eigenvalue weighted by molar-refractivity contribution is -0.140. The molecule has 1 aliphatic heterocycles. The van der Waals surface area contributed by atoms with Crippen LogP contribution in [-0.2, 0) is 9.59 Å². The number of amides is 2. The molecular formula is C17H14BrNO6S. The van der Waals surface area contributed by atoms with Crippen molar-refractivity contribution in [1.82, 2.24) is 4.90 Å². The van der Waals surface area contributed by atoms with Crippen molar-refractivity contribution in [2.75, 3.05) is 19.8 Å². The van der Waals surface area contributed by atoms with Crippen molar-refractivity contribution in [2.24, 2.45) is 0 Å². The highest BCUT2D eigenvalue weighted by Gasteiger charge is 2.36. The normalized spacial score (nSPS) is 15.3. The van der Waals surface area contributed by atoms with Gasteiger partial charge in [0.25, 0.3) is 11.1 Å². The number of imide groups is 1. The van der Waals surface area contributed by atoms with Crippen molar-refractivity contribution in [3.05, 3.63) is 27.1 Å². The molecule has 26 heavy (non-hydrogen) atoms. The van der Waals surface area contributed by atoms with E-state index in [1.165, 1.54) is 6.08 Å². The van der Waals surface area contributed by atoms with Crippen LogP contribution in [0, 0.1) is 12.3 Å². The number of terminal acetylenes is 1. The third-order valence-corrected chi connectivity index (χ3v) is 4.72. The van der Waals surface area contributed by atoms with Crippen molar-refractivity contribution in [3.8, 4) is 23.8 Å². The third-order valence-electron chi connectivity index (χ3n) is 3.13. The number of rotatable bonds is 7. The summed E-state index contributed by atoms with van der Waals surface area (Å²) < 4.78 is 11.6. The average molecular weight is 440 g/mol. The van der Waals surface area contributed by atoms with Crippen molar-refractivity contribution in [2.45, 2.75) is 6.92 Å². The lowest BCUT2D eigenvalue weighted by Gasteiger charge is -2.13. The Morgan fingerprint density at radius 3 is 2.69 bits per heavy atom. The van der Waals surface area contributed by atoms with Gasteiger partial charge in [-0.15, -0.1) is 6.42 Å². The highest BCUT2D eigenvalue weighted by molar-refractivity contribution is 9.10. The molecule has 2 rings (SSSR count). The van der Waals surface area contributed by atoms with Gasteiger partial charge in [-0.25, -0.2) is 0 Å². The van der Waals surface area contributed by atoms with Crippen LogP contribution in [0.15, 0.2) is 21.5 Å². The summed E-state index contributed by atoms with van der Waals surface area (Å²) in [5.74, 6) is 1.32. The molecule has 136 valence electrons. The smallest absolute Gasteiger partial charge is 0.323 e. The van der Waals surface area contributed by atoms with Gasteiger partial charge in [0.15, 0.2) is 11.5 Å². The number of carboxylic acids is 1. The van der Waals surface area contributed by atoms with Crippen LogP contribution in [0.3, 0.4) is 0 Å². The largest absolute Gasteiger partial charge is 0.490 e. The number of benzene rings is 1. The molecule has 0 saturated carbocycles. The second kappa shape index (κ2) is 8.78. The summed E-state index contributed by atoms with van der Waals surface area (Å²) in [5.41, 5.74) is 0.572. The number of carbonyl (C=O) groups excluding carboxylic acids is 2. The van der Waals surface area contributed by atoms with E-state index in [1.807, 2.05) is 6.92 Å². The first-order valence-electron chi connectivity index (χ1n) is 7.37. The van der Waals surface area contributed by atoms with Gasteiger partial charge in [0, 0.05) is 4.47 Å². The van der Waals surface area contributed by atoms with Crippen molar-refractivity contribution >= 4 is 50.9 Å². The van der Waals surface area contributed by atoms with Crippen LogP contribution in [0.2, 0.25) is 0 Å². The number of carboxylic acid groups (broad SMARTS) is 1. The molecule has 1 N–H and O–H groups in total. The Labute approximate surface area is 162 Å². The summed E-state index contributed by atoms with van der Waals surface area (Å²) in [7, 11) is 0. The predicted octanol–water partition coefficient (Wildman–Crippen LogP) is 2.98. The number of ether oxygens (including phenoxy) is 2. The fourth-order valence-electron chi connectivity index (χ4n) is 2.07. The zero-order valence-electron chi connectivity index (χ0n) is 13.7. The van der Waals surface area contributed by atoms with Crippen LogP contribution in [0.25, 0.3) is 6.08 Å². The minimum absolute atomic E-state index is 0.0694. The standard InChI is InChI=1S/C17H14BrNO6S/c1-3-5-25-13-8-11(18)10(6-12(13)24-4-2)7-14-16(22)19(9-15(20)21)17(23)26-14/h1,6-8H,4-5,9H2,2H3,(H,20,21)/b14-7+. The van der Waals surface area contributed by atoms with Gasteiger partial charge < -0.3 is 14.6 Å². The fraction of sp³-hybridized carbons (Fsp3) is 0.235. The van der Waals surface area contributed by atoms with Crippen LogP contribution in [0.1, 0.15) is 12.5 Å². The Balaban J connectivity index is 2.36. The lowest BCUT2D eigenvalue weighted by Crippen LogP contribution is -2.33. The zero-order valence-corrected chi connectivity index (χ0v) is 16.1. The van der Waals surface area contributed by atoms with Crippen LogP contribution in [0.4, 0.5) is 4.79 Å². The minimum atomic E-state index is -1.26. The summed E-state index contributed by atoms with van der Waals surface area (Å²) in [6.45, 7) is 1.60. The summed E-state index contributed by atoms with van der Waals surface area (Å²) in [6, 6.07) is 3.29. The van der Waals surface area contributed by atoms with E-state index in [0.29, 0.717) is 44.8 Å². The number of hydrogen-bond acceptors (Lipinski definition) is 6. The van der Waals surface area contributed by atoms with Gasteiger partial charge in [-0.2, -0.15) is 0 Å². The Morgan fingerprint density at radius 1 is 1.38 bits per heavy atom. The van der Waals surface area contributed by atoms with Gasteiger partial charge in [-0.3, -0.25) is 19.3 Å². The van der Waals surface area contributed by atoms with E-state index in [-0.39, 0.29) is 11.5 Å². The lowest BCUT2D eigenvalue weighted by atomic mass is 10.2. The minimum Gasteiger partial charge on any atom is -0.490 e. The average Bonchev–Trinajstić information content (AvgIpc) is 2.83. The maximum absolute atomic E-state index is 12.2. The number of halogens is 1. The number of carbonyl (C=O) groups is 3. The summed E-state index contributed by atoms with van der Waals surface area (Å²) in [5, 5.41) is 8.17. The van der Waals surface area contributed by atoms with Crippen LogP contribution >= 0.6 is 27.7 Å². The van der Waals surface area contributed by atoms with Crippen LogP contribution in [-0.4, -0.2) is 46.9 Å². The summed E-state index contributed by atoms with van der Waals surface area (Å²) in [6.07, 6.45) is 6.69. The molecule has 0 aliphatic carbocycles. The molecule has 0 bridgehead atoms. The first-order chi connectivity index (χ1) is 12.4. The molecule has 1 heterocycles. The second-order valence-corrected chi connectivity index (χ2v) is 6.76. The molecule has 2 amide bonds. The first-order valence-corrected chi connectivity index (χ1v) is 8.98. The topological polar surface area (TPSA) is 93.1 Å². The van der Waals surface area contributed by atoms with Gasteiger partial charge in [0.1, 0.15) is 13.2 Å². The van der Waals surface area contributed by atoms with Crippen molar-refractivity contribution < 1.29 is 29.0 Å². The highest BCUT2D eigenvalue weighted by atomic mass is 79.9. The maximum atomic E-state index is 12.2. The van der Waals surface area contributed by atoms with E-state index in [9.17, 15) is 14.4 Å². The molecule has 0 spiro atoms. The molecule has 0 radical (unpaired) electrons.